The second kappa shape index (κ2) is 5.93. The number of ether oxygens (including phenoxy) is 1. The average Bonchev–Trinajstić information content (AvgIpc) is 2.36. The molecular weight excluding hydrogens is 354 g/mol. The van der Waals surface area contributed by atoms with Gasteiger partial charge in [-0.05, 0) is 39.7 Å². The molecule has 2 N–H and O–H groups in total. The molecule has 7 heteroatoms. The van der Waals surface area contributed by atoms with Gasteiger partial charge in [-0.2, -0.15) is 13.2 Å². The van der Waals surface area contributed by atoms with Gasteiger partial charge >= 0.3 is 6.18 Å². The lowest BCUT2D eigenvalue weighted by Crippen LogP contribution is -2.06. The van der Waals surface area contributed by atoms with Crippen LogP contribution >= 0.6 is 15.9 Å². The van der Waals surface area contributed by atoms with Gasteiger partial charge in [0, 0.05) is 6.07 Å². The largest absolute Gasteiger partial charge is 0.486 e. The summed E-state index contributed by atoms with van der Waals surface area (Å²) in [6.45, 7) is -0.113. The zero-order valence-electron chi connectivity index (χ0n) is 10.5. The van der Waals surface area contributed by atoms with Crippen LogP contribution in [0.1, 0.15) is 11.1 Å². The maximum absolute atomic E-state index is 13.1. The van der Waals surface area contributed by atoms with Crippen molar-refractivity contribution in [2.24, 2.45) is 0 Å². The maximum Gasteiger partial charge on any atom is 0.416 e. The minimum absolute atomic E-state index is 0.0638. The van der Waals surface area contributed by atoms with Crippen molar-refractivity contribution >= 4 is 21.6 Å². The first kappa shape index (κ1) is 15.6. The number of nitrogens with two attached hydrogens (primary N) is 1. The molecule has 0 unspecified atom stereocenters. The van der Waals surface area contributed by atoms with E-state index in [1.807, 2.05) is 0 Å². The molecule has 112 valence electrons. The predicted molar refractivity (Wildman–Crippen MR) is 74.3 cm³/mol. The Kier molecular flexibility index (Phi) is 4.41. The molecule has 0 aromatic heterocycles. The van der Waals surface area contributed by atoms with Crippen molar-refractivity contribution < 1.29 is 22.3 Å². The molecule has 0 spiro atoms. The lowest BCUT2D eigenvalue weighted by Gasteiger charge is -2.12. The van der Waals surface area contributed by atoms with E-state index in [1.54, 1.807) is 0 Å². The Hall–Kier alpha value is -1.76. The normalized spacial score (nSPS) is 11.5. The summed E-state index contributed by atoms with van der Waals surface area (Å²) in [4.78, 5) is 0. The molecule has 0 heterocycles. The van der Waals surface area contributed by atoms with Crippen molar-refractivity contribution in [3.63, 3.8) is 0 Å². The van der Waals surface area contributed by atoms with E-state index < -0.39 is 17.6 Å². The Bertz CT molecular complexity index is 635. The third-order valence-electron chi connectivity index (χ3n) is 2.67. The van der Waals surface area contributed by atoms with Crippen LogP contribution in [0.4, 0.5) is 23.2 Å². The lowest BCUT2D eigenvalue weighted by atomic mass is 10.1. The molecule has 0 fully saturated rings. The Morgan fingerprint density at radius 2 is 1.86 bits per heavy atom. The topological polar surface area (TPSA) is 35.2 Å². The number of hydrogen-bond donors (Lipinski definition) is 1. The molecule has 0 saturated carbocycles. The van der Waals surface area contributed by atoms with E-state index in [2.05, 4.69) is 15.9 Å². The fourth-order valence-electron chi connectivity index (χ4n) is 1.73. The highest BCUT2D eigenvalue weighted by molar-refractivity contribution is 9.10. The van der Waals surface area contributed by atoms with Crippen molar-refractivity contribution in [2.45, 2.75) is 12.8 Å². The molecule has 0 aliphatic carbocycles. The zero-order chi connectivity index (χ0) is 15.6. The molecule has 21 heavy (non-hydrogen) atoms. The molecule has 2 rings (SSSR count). The zero-order valence-corrected chi connectivity index (χ0v) is 12.1. The smallest absolute Gasteiger partial charge is 0.416 e. The molecule has 2 aromatic rings. The predicted octanol–water partition coefficient (Wildman–Crippen LogP) is 4.77. The van der Waals surface area contributed by atoms with Crippen LogP contribution in [0.15, 0.2) is 40.9 Å². The van der Waals surface area contributed by atoms with E-state index in [0.29, 0.717) is 10.0 Å². The average molecular weight is 364 g/mol. The number of alkyl halides is 3. The van der Waals surface area contributed by atoms with Crippen LogP contribution in [0, 0.1) is 5.82 Å². The van der Waals surface area contributed by atoms with Crippen LogP contribution < -0.4 is 10.5 Å². The Balaban J connectivity index is 2.18. The van der Waals surface area contributed by atoms with Crippen LogP contribution in [0.2, 0.25) is 0 Å². The number of hydrogen-bond acceptors (Lipinski definition) is 2. The highest BCUT2D eigenvalue weighted by Gasteiger charge is 2.30. The van der Waals surface area contributed by atoms with E-state index >= 15 is 0 Å². The Morgan fingerprint density at radius 3 is 2.48 bits per heavy atom. The van der Waals surface area contributed by atoms with E-state index in [-0.39, 0.29) is 18.0 Å². The van der Waals surface area contributed by atoms with Crippen LogP contribution in [0.5, 0.6) is 5.75 Å². The van der Waals surface area contributed by atoms with Gasteiger partial charge in [-0.25, -0.2) is 4.39 Å². The van der Waals surface area contributed by atoms with Crippen LogP contribution in [-0.4, -0.2) is 0 Å². The molecule has 0 bridgehead atoms. The van der Waals surface area contributed by atoms with Gasteiger partial charge in [0.25, 0.3) is 0 Å². The van der Waals surface area contributed by atoms with Gasteiger partial charge < -0.3 is 10.5 Å². The first-order valence-electron chi connectivity index (χ1n) is 5.81. The monoisotopic (exact) mass is 363 g/mol. The Labute approximate surface area is 126 Å². The molecule has 0 aliphatic rings. The fraction of sp³-hybridized carbons (Fsp3) is 0.143. The highest BCUT2D eigenvalue weighted by Crippen LogP contribution is 2.34. The maximum atomic E-state index is 13.1. The number of benzene rings is 2. The van der Waals surface area contributed by atoms with E-state index in [9.17, 15) is 17.6 Å². The summed E-state index contributed by atoms with van der Waals surface area (Å²) in [5.74, 6) is -0.348. The molecule has 0 amide bonds. The molecule has 0 aliphatic heterocycles. The summed E-state index contributed by atoms with van der Waals surface area (Å²) in [7, 11) is 0. The van der Waals surface area contributed by atoms with E-state index in [0.717, 1.165) is 24.3 Å². The number of halogens is 5. The van der Waals surface area contributed by atoms with Gasteiger partial charge in [0.2, 0.25) is 0 Å². The molecule has 2 nitrogen and oxygen atoms in total. The molecule has 0 radical (unpaired) electrons. The standard InChI is InChI=1S/C14H10BrF4NO/c15-11-5-10(16)6-12(20)13(11)21-7-8-2-1-3-9(4-8)14(17,18)19/h1-6H,7,20H2. The Morgan fingerprint density at radius 1 is 1.14 bits per heavy atom. The summed E-state index contributed by atoms with van der Waals surface area (Å²) in [6, 6.07) is 7.01. The van der Waals surface area contributed by atoms with Gasteiger partial charge in [0.15, 0.2) is 5.75 Å². The van der Waals surface area contributed by atoms with Gasteiger partial charge in [-0.15, -0.1) is 0 Å². The minimum atomic E-state index is -4.41. The molecular formula is C14H10BrF4NO. The summed E-state index contributed by atoms with van der Waals surface area (Å²) in [6.07, 6.45) is -4.41. The van der Waals surface area contributed by atoms with Crippen LogP contribution in [0.25, 0.3) is 0 Å². The van der Waals surface area contributed by atoms with Crippen LogP contribution in [-0.2, 0) is 12.8 Å². The van der Waals surface area contributed by atoms with Gasteiger partial charge in [-0.3, -0.25) is 0 Å². The first-order chi connectivity index (χ1) is 9.77. The lowest BCUT2D eigenvalue weighted by molar-refractivity contribution is -0.137. The summed E-state index contributed by atoms with van der Waals surface area (Å²) in [5, 5.41) is 0. The van der Waals surface area contributed by atoms with Crippen molar-refractivity contribution in [3.05, 3.63) is 57.8 Å². The summed E-state index contributed by atoms with van der Waals surface area (Å²) < 4.78 is 56.5. The summed E-state index contributed by atoms with van der Waals surface area (Å²) in [5.41, 5.74) is 5.25. The third kappa shape index (κ3) is 3.87. The minimum Gasteiger partial charge on any atom is -0.486 e. The highest BCUT2D eigenvalue weighted by atomic mass is 79.9. The molecule has 2 aromatic carbocycles. The van der Waals surface area contributed by atoms with Gasteiger partial charge in [0.1, 0.15) is 12.4 Å². The van der Waals surface area contributed by atoms with E-state index in [4.69, 9.17) is 10.5 Å². The first-order valence-corrected chi connectivity index (χ1v) is 6.60. The molecule has 0 saturated heterocycles. The number of anilines is 1. The number of rotatable bonds is 3. The van der Waals surface area contributed by atoms with Gasteiger partial charge in [0.05, 0.1) is 15.7 Å². The SMILES string of the molecule is Nc1cc(F)cc(Br)c1OCc1cccc(C(F)(F)F)c1. The van der Waals surface area contributed by atoms with Crippen LogP contribution in [0.3, 0.4) is 0 Å². The third-order valence-corrected chi connectivity index (χ3v) is 3.26. The second-order valence-electron chi connectivity index (χ2n) is 4.29. The van der Waals surface area contributed by atoms with Crippen molar-refractivity contribution in [3.8, 4) is 5.75 Å². The quantitative estimate of drug-likeness (QED) is 0.629. The summed E-state index contributed by atoms with van der Waals surface area (Å²) >= 11 is 3.09. The number of nitrogen functional groups attached to an aromatic ring is 1. The second-order valence-corrected chi connectivity index (χ2v) is 5.15. The molecule has 0 atom stereocenters. The van der Waals surface area contributed by atoms with Crippen molar-refractivity contribution in [1.82, 2.24) is 0 Å². The van der Waals surface area contributed by atoms with Crippen molar-refractivity contribution in [1.29, 1.82) is 0 Å². The van der Waals surface area contributed by atoms with E-state index in [1.165, 1.54) is 12.1 Å². The van der Waals surface area contributed by atoms with Gasteiger partial charge in [-0.1, -0.05) is 12.1 Å². The van der Waals surface area contributed by atoms with Crippen molar-refractivity contribution in [2.75, 3.05) is 5.73 Å². The fourth-order valence-corrected chi connectivity index (χ4v) is 2.29.